The van der Waals surface area contributed by atoms with Crippen molar-refractivity contribution < 1.29 is 5.11 Å². The molecular weight excluding hydrogens is 148 g/mol. The summed E-state index contributed by atoms with van der Waals surface area (Å²) in [6, 6.07) is 0. The van der Waals surface area contributed by atoms with Crippen LogP contribution in [-0.4, -0.2) is 12.2 Å². The first kappa shape index (κ1) is 10.0. The van der Waals surface area contributed by atoms with Crippen LogP contribution in [0.5, 0.6) is 0 Å². The van der Waals surface area contributed by atoms with E-state index in [9.17, 15) is 0 Å². The smallest absolute Gasteiger partial charge is 0.0319 e. The maximum Gasteiger partial charge on any atom is 0.0319 e. The summed E-state index contributed by atoms with van der Waals surface area (Å²) in [5.41, 5.74) is 0.670. The summed E-state index contributed by atoms with van der Waals surface area (Å²) in [4.78, 5) is 0. The van der Waals surface area contributed by atoms with Crippen LogP contribution < -0.4 is 0 Å². The van der Waals surface area contributed by atoms with E-state index in [0.29, 0.717) is 5.41 Å². The van der Waals surface area contributed by atoms with E-state index >= 15 is 0 Å². The highest BCUT2D eigenvalue weighted by Crippen LogP contribution is 2.58. The molecule has 12 heavy (non-hydrogen) atoms. The van der Waals surface area contributed by atoms with Gasteiger partial charge in [-0.25, -0.2) is 0 Å². The first-order chi connectivity index (χ1) is 5.62. The molecule has 1 N–H and O–H groups in total. The Hall–Kier alpha value is -0.0400. The van der Waals surface area contributed by atoms with Crippen molar-refractivity contribution in [2.45, 2.75) is 40.0 Å². The summed E-state index contributed by atoms with van der Waals surface area (Å²) in [5.74, 6) is 3.14. The zero-order valence-corrected chi connectivity index (χ0v) is 8.80. The highest BCUT2D eigenvalue weighted by molar-refractivity contribution is 4.99. The van der Waals surface area contributed by atoms with Crippen molar-refractivity contribution in [3.05, 3.63) is 0 Å². The molecule has 0 aliphatic heterocycles. The molecule has 0 aromatic heterocycles. The van der Waals surface area contributed by atoms with Crippen molar-refractivity contribution in [1.82, 2.24) is 0 Å². The second-order valence-electron chi connectivity index (χ2n) is 4.88. The van der Waals surface area contributed by atoms with Crippen LogP contribution in [0.1, 0.15) is 40.0 Å². The lowest BCUT2D eigenvalue weighted by molar-refractivity contribution is 0.137. The summed E-state index contributed by atoms with van der Waals surface area (Å²) in [5, 5.41) is 7.00. The fourth-order valence-electron chi connectivity index (χ4n) is 3.13. The number of hydrogen-bond donors (Lipinski definition) is 1. The number of hydrogen-bond acceptors (Lipinski definition) is 1. The molecule has 2 rings (SSSR count). The number of aliphatic hydroxyl groups excluding tert-OH is 1. The third-order valence-corrected chi connectivity index (χ3v) is 4.41. The Kier molecular flexibility index (Phi) is 2.82. The number of rotatable bonds is 0. The number of aliphatic hydroxyl groups is 1. The van der Waals surface area contributed by atoms with Crippen molar-refractivity contribution in [2.24, 2.45) is 23.2 Å². The summed E-state index contributed by atoms with van der Waals surface area (Å²) < 4.78 is 0. The summed E-state index contributed by atoms with van der Waals surface area (Å²) >= 11 is 0. The first-order valence-electron chi connectivity index (χ1n) is 5.07. The van der Waals surface area contributed by atoms with Crippen LogP contribution in [0.15, 0.2) is 0 Å². The molecular formula is C11H22O. The standard InChI is InChI=1S/C10H18.CH4O/c1-7-8-4-5-9(6-8)10(7,2)3;1-2/h7-9H,4-6H2,1-3H3;2H,1H3. The van der Waals surface area contributed by atoms with Crippen molar-refractivity contribution in [3.63, 3.8) is 0 Å². The van der Waals surface area contributed by atoms with Crippen molar-refractivity contribution in [1.29, 1.82) is 0 Å². The maximum absolute atomic E-state index is 7.00. The van der Waals surface area contributed by atoms with Crippen molar-refractivity contribution >= 4 is 0 Å². The molecule has 0 aromatic carbocycles. The van der Waals surface area contributed by atoms with E-state index < -0.39 is 0 Å². The molecule has 3 atom stereocenters. The van der Waals surface area contributed by atoms with E-state index in [1.807, 2.05) is 0 Å². The Morgan fingerprint density at radius 2 is 1.75 bits per heavy atom. The molecule has 3 unspecified atom stereocenters. The van der Waals surface area contributed by atoms with Gasteiger partial charge in [-0.05, 0) is 42.4 Å². The van der Waals surface area contributed by atoms with Crippen LogP contribution >= 0.6 is 0 Å². The molecule has 0 radical (unpaired) electrons. The first-order valence-corrected chi connectivity index (χ1v) is 5.07. The Morgan fingerprint density at radius 1 is 1.17 bits per heavy atom. The lowest BCUT2D eigenvalue weighted by atomic mass is 9.70. The Balaban J connectivity index is 0.000000336. The van der Waals surface area contributed by atoms with Gasteiger partial charge >= 0.3 is 0 Å². The lowest BCUT2D eigenvalue weighted by Crippen LogP contribution is -2.28. The van der Waals surface area contributed by atoms with E-state index in [1.165, 1.54) is 19.3 Å². The quantitative estimate of drug-likeness (QED) is 0.592. The average molecular weight is 170 g/mol. The van der Waals surface area contributed by atoms with Crippen LogP contribution in [-0.2, 0) is 0 Å². The van der Waals surface area contributed by atoms with Gasteiger partial charge in [-0.1, -0.05) is 20.8 Å². The Labute approximate surface area is 76.2 Å². The van der Waals surface area contributed by atoms with Crippen LogP contribution in [0.4, 0.5) is 0 Å². The van der Waals surface area contributed by atoms with Gasteiger partial charge in [-0.15, -0.1) is 0 Å². The second-order valence-corrected chi connectivity index (χ2v) is 4.88. The normalized spacial score (nSPS) is 42.2. The predicted octanol–water partition coefficient (Wildman–Crippen LogP) is 2.69. The molecule has 2 bridgehead atoms. The molecule has 72 valence electrons. The highest BCUT2D eigenvalue weighted by atomic mass is 16.2. The monoisotopic (exact) mass is 170 g/mol. The summed E-state index contributed by atoms with van der Waals surface area (Å²) in [6.07, 6.45) is 4.57. The molecule has 2 saturated carbocycles. The van der Waals surface area contributed by atoms with E-state index in [-0.39, 0.29) is 0 Å². The molecule has 1 heteroatoms. The fourth-order valence-corrected chi connectivity index (χ4v) is 3.13. The van der Waals surface area contributed by atoms with Crippen molar-refractivity contribution in [2.75, 3.05) is 7.11 Å². The molecule has 2 aliphatic rings. The summed E-state index contributed by atoms with van der Waals surface area (Å²) in [7, 11) is 1.00. The van der Waals surface area contributed by atoms with Gasteiger partial charge in [0.15, 0.2) is 0 Å². The predicted molar refractivity (Wildman–Crippen MR) is 51.9 cm³/mol. The van der Waals surface area contributed by atoms with Gasteiger partial charge in [0.2, 0.25) is 0 Å². The molecule has 1 nitrogen and oxygen atoms in total. The van der Waals surface area contributed by atoms with Gasteiger partial charge in [-0.2, -0.15) is 0 Å². The van der Waals surface area contributed by atoms with Crippen LogP contribution in [0.2, 0.25) is 0 Å². The minimum atomic E-state index is 0.670. The van der Waals surface area contributed by atoms with Crippen LogP contribution in [0, 0.1) is 23.2 Å². The van der Waals surface area contributed by atoms with E-state index in [2.05, 4.69) is 20.8 Å². The molecule has 2 fully saturated rings. The molecule has 0 heterocycles. The largest absolute Gasteiger partial charge is 0.400 e. The molecule has 0 amide bonds. The zero-order chi connectivity index (χ0) is 9.35. The Bertz CT molecular complexity index is 147. The van der Waals surface area contributed by atoms with Gasteiger partial charge in [0.25, 0.3) is 0 Å². The van der Waals surface area contributed by atoms with Crippen LogP contribution in [0.25, 0.3) is 0 Å². The minimum absolute atomic E-state index is 0.670. The van der Waals surface area contributed by atoms with E-state index in [0.717, 1.165) is 24.9 Å². The highest BCUT2D eigenvalue weighted by Gasteiger charge is 2.50. The van der Waals surface area contributed by atoms with Crippen LogP contribution in [0.3, 0.4) is 0 Å². The Morgan fingerprint density at radius 3 is 2.00 bits per heavy atom. The molecule has 2 aliphatic carbocycles. The zero-order valence-electron chi connectivity index (χ0n) is 8.80. The average Bonchev–Trinajstić information content (AvgIpc) is 2.60. The molecule has 0 saturated heterocycles. The number of fused-ring (bicyclic) bond motifs is 2. The minimum Gasteiger partial charge on any atom is -0.400 e. The van der Waals surface area contributed by atoms with Gasteiger partial charge in [-0.3, -0.25) is 0 Å². The molecule has 0 aromatic rings. The SMILES string of the molecule is CC1C2CCC(C2)C1(C)C.CO. The lowest BCUT2D eigenvalue weighted by Gasteiger charge is -2.35. The van der Waals surface area contributed by atoms with Gasteiger partial charge < -0.3 is 5.11 Å². The van der Waals surface area contributed by atoms with E-state index in [1.54, 1.807) is 0 Å². The van der Waals surface area contributed by atoms with Gasteiger partial charge in [0.05, 0.1) is 0 Å². The summed E-state index contributed by atoms with van der Waals surface area (Å²) in [6.45, 7) is 7.37. The third kappa shape index (κ3) is 1.28. The van der Waals surface area contributed by atoms with E-state index in [4.69, 9.17) is 5.11 Å². The second kappa shape index (κ2) is 3.37. The maximum atomic E-state index is 7.00. The van der Waals surface area contributed by atoms with Gasteiger partial charge in [0.1, 0.15) is 0 Å². The van der Waals surface area contributed by atoms with Gasteiger partial charge in [0, 0.05) is 7.11 Å². The fraction of sp³-hybridized carbons (Fsp3) is 1.00. The topological polar surface area (TPSA) is 20.2 Å². The third-order valence-electron chi connectivity index (χ3n) is 4.41. The van der Waals surface area contributed by atoms with Crippen molar-refractivity contribution in [3.8, 4) is 0 Å². The molecule has 0 spiro atoms.